The zero-order valence-electron chi connectivity index (χ0n) is 6.93. The van der Waals surface area contributed by atoms with Crippen LogP contribution in [0, 0.1) is 0 Å². The minimum absolute atomic E-state index is 0.00463. The van der Waals surface area contributed by atoms with Gasteiger partial charge in [-0.3, -0.25) is 4.79 Å². The Labute approximate surface area is 72.5 Å². The Hall–Kier alpha value is -1.11. The van der Waals surface area contributed by atoms with E-state index in [0.29, 0.717) is 0 Å². The summed E-state index contributed by atoms with van der Waals surface area (Å²) in [6, 6.07) is 0.00463. The number of aliphatic carboxylic acids is 1. The molecule has 0 aliphatic rings. The molecule has 0 spiro atoms. The molecule has 3 N–H and O–H groups in total. The van der Waals surface area contributed by atoms with Gasteiger partial charge < -0.3 is 15.6 Å². The van der Waals surface area contributed by atoms with Crippen LogP contribution >= 0.6 is 0 Å². The number of quaternary nitrogens is 1. The fraction of sp³-hybridized carbons (Fsp3) is 0.667. The first kappa shape index (κ1) is 14.4. The third-order valence-electron chi connectivity index (χ3n) is 0.948. The maximum atomic E-state index is 10.5. The van der Waals surface area contributed by atoms with E-state index in [2.05, 4.69) is 5.73 Å². The molecule has 1 unspecified atom stereocenters. The molecule has 7 heteroatoms. The van der Waals surface area contributed by atoms with Crippen LogP contribution in [-0.2, 0) is 9.59 Å². The maximum absolute atomic E-state index is 10.5. The predicted octanol–water partition coefficient (Wildman–Crippen LogP) is -1.50. The second-order valence-electron chi connectivity index (χ2n) is 2.09. The highest BCUT2D eigenvalue weighted by Gasteiger charge is 2.28. The van der Waals surface area contributed by atoms with E-state index in [1.807, 2.05) is 6.92 Å². The number of hydrogen-bond acceptors (Lipinski definition) is 3. The second-order valence-corrected chi connectivity index (χ2v) is 2.09. The second kappa shape index (κ2) is 6.41. The summed E-state index contributed by atoms with van der Waals surface area (Å²) in [5.41, 5.74) is 3.51. The summed E-state index contributed by atoms with van der Waals surface area (Å²) in [4.78, 5) is 18.5. The average molecular weight is 201 g/mol. The minimum Gasteiger partial charge on any atom is -0.542 e. The van der Waals surface area contributed by atoms with Crippen molar-refractivity contribution in [1.29, 1.82) is 0 Å². The first-order valence-corrected chi connectivity index (χ1v) is 3.32. The smallest absolute Gasteiger partial charge is 0.430 e. The van der Waals surface area contributed by atoms with Gasteiger partial charge in [-0.25, -0.2) is 0 Å². The van der Waals surface area contributed by atoms with Crippen LogP contribution in [0.3, 0.4) is 0 Å². The highest BCUT2D eigenvalue weighted by Crippen LogP contribution is 2.11. The molecule has 0 fully saturated rings. The van der Waals surface area contributed by atoms with Crippen molar-refractivity contribution < 1.29 is 33.6 Å². The highest BCUT2D eigenvalue weighted by atomic mass is 19.4. The molecule has 0 aliphatic carbocycles. The van der Waals surface area contributed by atoms with Crippen molar-refractivity contribution in [3.8, 4) is 0 Å². The Morgan fingerprint density at radius 2 is 1.92 bits per heavy atom. The van der Waals surface area contributed by atoms with E-state index in [9.17, 15) is 18.0 Å². The molecule has 0 aromatic heterocycles. The predicted molar refractivity (Wildman–Crippen MR) is 34.1 cm³/mol. The molecule has 0 aromatic carbocycles. The molecule has 0 radical (unpaired) electrons. The van der Waals surface area contributed by atoms with Crippen LogP contribution < -0.4 is 10.8 Å². The van der Waals surface area contributed by atoms with Gasteiger partial charge in [-0.1, -0.05) is 6.92 Å². The van der Waals surface area contributed by atoms with Crippen LogP contribution in [0.1, 0.15) is 13.3 Å². The molecule has 0 aliphatic heterocycles. The summed E-state index contributed by atoms with van der Waals surface area (Å²) in [5.74, 6) is -3.01. The van der Waals surface area contributed by atoms with Crippen molar-refractivity contribution in [2.45, 2.75) is 25.6 Å². The molecular formula is C6H10F3NO3. The van der Waals surface area contributed by atoms with Gasteiger partial charge in [0.2, 0.25) is 0 Å². The van der Waals surface area contributed by atoms with Crippen molar-refractivity contribution in [2.75, 3.05) is 0 Å². The first-order chi connectivity index (χ1) is 5.75. The third-order valence-corrected chi connectivity index (χ3v) is 0.948. The van der Waals surface area contributed by atoms with Gasteiger partial charge in [0.15, 0.2) is 6.29 Å². The number of halogens is 3. The van der Waals surface area contributed by atoms with Crippen LogP contribution in [0.25, 0.3) is 0 Å². The summed E-state index contributed by atoms with van der Waals surface area (Å²) in [6.07, 6.45) is -3.48. The zero-order chi connectivity index (χ0) is 11.1. The number of carbonyl (C=O) groups excluding carboxylic acids is 2. The van der Waals surface area contributed by atoms with Crippen molar-refractivity contribution in [3.63, 3.8) is 0 Å². The number of carbonyl (C=O) groups is 2. The highest BCUT2D eigenvalue weighted by molar-refractivity contribution is 5.70. The van der Waals surface area contributed by atoms with Crippen LogP contribution in [0.5, 0.6) is 0 Å². The first-order valence-electron chi connectivity index (χ1n) is 3.32. The molecule has 0 saturated carbocycles. The van der Waals surface area contributed by atoms with Crippen LogP contribution in [0.15, 0.2) is 0 Å². The summed E-state index contributed by atoms with van der Waals surface area (Å²) in [5, 5.41) is 8.78. The van der Waals surface area contributed by atoms with Crippen molar-refractivity contribution in [2.24, 2.45) is 0 Å². The molecule has 0 saturated heterocycles. The molecule has 13 heavy (non-hydrogen) atoms. The number of rotatable bonds is 2. The molecule has 78 valence electrons. The SMILES string of the molecule is CCC([NH3+])C=O.O=C([O-])C(F)(F)F. The topological polar surface area (TPSA) is 84.8 Å². The van der Waals surface area contributed by atoms with Crippen LogP contribution in [0.4, 0.5) is 13.2 Å². The molecule has 0 rings (SSSR count). The number of alkyl halides is 3. The van der Waals surface area contributed by atoms with Gasteiger partial charge in [-0.15, -0.1) is 0 Å². The Morgan fingerprint density at radius 1 is 1.62 bits per heavy atom. The molecule has 0 aromatic rings. The van der Waals surface area contributed by atoms with E-state index in [1.54, 1.807) is 0 Å². The lowest BCUT2D eigenvalue weighted by Gasteiger charge is -2.03. The fourth-order valence-corrected chi connectivity index (χ4v) is 0.0962. The summed E-state index contributed by atoms with van der Waals surface area (Å²) in [6.45, 7) is 1.94. The fourth-order valence-electron chi connectivity index (χ4n) is 0.0962. The Bertz CT molecular complexity index is 169. The molecule has 0 heterocycles. The summed E-state index contributed by atoms with van der Waals surface area (Å²) < 4.78 is 31.5. The number of aldehydes is 1. The van der Waals surface area contributed by atoms with Gasteiger partial charge in [0, 0.05) is 6.42 Å². The van der Waals surface area contributed by atoms with Crippen molar-refractivity contribution in [1.82, 2.24) is 0 Å². The quantitative estimate of drug-likeness (QED) is 0.552. The van der Waals surface area contributed by atoms with Crippen LogP contribution in [-0.4, -0.2) is 24.5 Å². The molecule has 1 atom stereocenters. The number of carboxylic acids is 1. The Balaban J connectivity index is 0. The van der Waals surface area contributed by atoms with E-state index in [-0.39, 0.29) is 6.04 Å². The maximum Gasteiger partial charge on any atom is 0.430 e. The van der Waals surface area contributed by atoms with E-state index in [4.69, 9.17) is 9.90 Å². The summed E-state index contributed by atoms with van der Waals surface area (Å²) >= 11 is 0. The van der Waals surface area contributed by atoms with Gasteiger partial charge in [0.05, 0.1) is 0 Å². The van der Waals surface area contributed by atoms with Crippen molar-refractivity contribution >= 4 is 12.3 Å². The minimum atomic E-state index is -5.19. The monoisotopic (exact) mass is 201 g/mol. The average Bonchev–Trinajstić information content (AvgIpc) is 2.02. The van der Waals surface area contributed by atoms with Gasteiger partial charge in [-0.2, -0.15) is 13.2 Å². The van der Waals surface area contributed by atoms with Gasteiger partial charge in [0.1, 0.15) is 12.0 Å². The molecule has 0 bridgehead atoms. The number of hydrogen-bond donors (Lipinski definition) is 1. The Morgan fingerprint density at radius 3 is 1.92 bits per heavy atom. The molecular weight excluding hydrogens is 191 g/mol. The lowest BCUT2D eigenvalue weighted by molar-refractivity contribution is -0.400. The summed E-state index contributed by atoms with van der Waals surface area (Å²) in [7, 11) is 0. The van der Waals surface area contributed by atoms with E-state index >= 15 is 0 Å². The lowest BCUT2D eigenvalue weighted by atomic mass is 10.3. The van der Waals surface area contributed by atoms with Crippen LogP contribution in [0.2, 0.25) is 0 Å². The standard InChI is InChI=1S/C4H9NO.C2HF3O2/c1-2-4(5)3-6;3-2(4,5)1(6)7/h3-4H,2,5H2,1H3;(H,6,7). The van der Waals surface area contributed by atoms with E-state index in [0.717, 1.165) is 12.7 Å². The number of carboxylic acid groups (broad SMARTS) is 1. The van der Waals surface area contributed by atoms with E-state index < -0.39 is 12.1 Å². The largest absolute Gasteiger partial charge is 0.542 e. The normalized spacial score (nSPS) is 12.4. The van der Waals surface area contributed by atoms with E-state index in [1.165, 1.54) is 0 Å². The zero-order valence-corrected chi connectivity index (χ0v) is 6.93. The van der Waals surface area contributed by atoms with Gasteiger partial charge in [-0.05, 0) is 0 Å². The van der Waals surface area contributed by atoms with Gasteiger partial charge >= 0.3 is 6.18 Å². The van der Waals surface area contributed by atoms with Crippen molar-refractivity contribution in [3.05, 3.63) is 0 Å². The third kappa shape index (κ3) is 10.9. The lowest BCUT2D eigenvalue weighted by Crippen LogP contribution is -2.61. The van der Waals surface area contributed by atoms with Gasteiger partial charge in [0.25, 0.3) is 0 Å². The molecule has 4 nitrogen and oxygen atoms in total. The Kier molecular flexibility index (Phi) is 7.11. The molecule has 0 amide bonds.